The molecule has 0 fully saturated rings. The lowest BCUT2D eigenvalue weighted by molar-refractivity contribution is 0.127. The monoisotopic (exact) mass is 202 g/mol. The smallest absolute Gasteiger partial charge is 0.185 e. The minimum atomic E-state index is 0.0445. The van der Waals surface area contributed by atoms with Crippen LogP contribution in [-0.4, -0.2) is 23.8 Å². The average molecular weight is 202 g/mol. The van der Waals surface area contributed by atoms with Crippen molar-refractivity contribution in [3.63, 3.8) is 0 Å². The largest absolute Gasteiger partial charge is 0.370 e. The number of rotatable bonds is 8. The van der Waals surface area contributed by atoms with Crippen LogP contribution < -0.4 is 16.5 Å². The highest BCUT2D eigenvalue weighted by Gasteiger charge is 1.98. The molecule has 1 atom stereocenters. The maximum absolute atomic E-state index is 8.54. The highest BCUT2D eigenvalue weighted by Crippen LogP contribution is 2.04. The molecule has 0 aliphatic carbocycles. The first-order valence-corrected chi connectivity index (χ1v) is 5.14. The third-order valence-electron chi connectivity index (χ3n) is 2.10. The predicted molar refractivity (Wildman–Crippen MR) is 57.4 cm³/mol. The quantitative estimate of drug-likeness (QED) is 0.174. The van der Waals surface area contributed by atoms with Gasteiger partial charge in [0.05, 0.1) is 0 Å². The van der Waals surface area contributed by atoms with Crippen LogP contribution in [0, 0.1) is 5.41 Å². The standard InChI is InChI=1S/C9H22N4O/c1-8(13-14)6-4-2-3-5-7-12-9(10)11/h8,13-14H,2-7H2,1H3,(H4,10,11,12). The fraction of sp³-hybridized carbons (Fsp3) is 0.889. The molecular weight excluding hydrogens is 180 g/mol. The second kappa shape index (κ2) is 8.77. The van der Waals surface area contributed by atoms with Gasteiger partial charge in [-0.2, -0.15) is 0 Å². The number of unbranched alkanes of at least 4 members (excludes halogenated alkanes) is 3. The van der Waals surface area contributed by atoms with Crippen LogP contribution in [0.5, 0.6) is 0 Å². The lowest BCUT2D eigenvalue weighted by Crippen LogP contribution is -2.30. The molecule has 0 amide bonds. The molecule has 0 aliphatic heterocycles. The second-order valence-electron chi connectivity index (χ2n) is 3.57. The van der Waals surface area contributed by atoms with E-state index in [0.29, 0.717) is 0 Å². The molecule has 0 heterocycles. The van der Waals surface area contributed by atoms with E-state index >= 15 is 0 Å². The zero-order valence-corrected chi connectivity index (χ0v) is 8.84. The van der Waals surface area contributed by atoms with Crippen molar-refractivity contribution in [2.75, 3.05) is 6.54 Å². The van der Waals surface area contributed by atoms with Gasteiger partial charge in [0.25, 0.3) is 0 Å². The summed E-state index contributed by atoms with van der Waals surface area (Å²) in [4.78, 5) is 0. The third kappa shape index (κ3) is 9.28. The van der Waals surface area contributed by atoms with Gasteiger partial charge in [0, 0.05) is 12.6 Å². The summed E-state index contributed by atoms with van der Waals surface area (Å²) >= 11 is 0. The molecule has 0 aliphatic rings. The Bertz CT molecular complexity index is 152. The van der Waals surface area contributed by atoms with E-state index in [1.165, 1.54) is 0 Å². The fourth-order valence-electron chi connectivity index (χ4n) is 1.22. The van der Waals surface area contributed by atoms with E-state index in [2.05, 4.69) is 10.8 Å². The Morgan fingerprint density at radius 2 is 2.00 bits per heavy atom. The summed E-state index contributed by atoms with van der Waals surface area (Å²) < 4.78 is 0. The van der Waals surface area contributed by atoms with Crippen LogP contribution in [0.3, 0.4) is 0 Å². The van der Waals surface area contributed by atoms with Crippen molar-refractivity contribution in [3.05, 3.63) is 0 Å². The number of nitrogens with one attached hydrogen (secondary N) is 3. The molecule has 6 N–H and O–H groups in total. The third-order valence-corrected chi connectivity index (χ3v) is 2.10. The van der Waals surface area contributed by atoms with E-state index in [4.69, 9.17) is 16.4 Å². The van der Waals surface area contributed by atoms with E-state index in [9.17, 15) is 0 Å². The maximum Gasteiger partial charge on any atom is 0.185 e. The number of nitrogens with two attached hydrogens (primary N) is 1. The lowest BCUT2D eigenvalue weighted by Gasteiger charge is -2.08. The second-order valence-corrected chi connectivity index (χ2v) is 3.57. The van der Waals surface area contributed by atoms with Crippen molar-refractivity contribution in [2.45, 2.75) is 45.1 Å². The van der Waals surface area contributed by atoms with Gasteiger partial charge >= 0.3 is 0 Å². The van der Waals surface area contributed by atoms with E-state index in [1.807, 2.05) is 6.92 Å². The normalized spacial score (nSPS) is 12.4. The van der Waals surface area contributed by atoms with Gasteiger partial charge in [-0.25, -0.2) is 5.48 Å². The molecule has 5 nitrogen and oxygen atoms in total. The lowest BCUT2D eigenvalue weighted by atomic mass is 10.1. The van der Waals surface area contributed by atoms with Gasteiger partial charge in [0.2, 0.25) is 0 Å². The molecule has 0 rings (SSSR count). The van der Waals surface area contributed by atoms with Crippen molar-refractivity contribution < 1.29 is 5.21 Å². The molecule has 1 unspecified atom stereocenters. The highest BCUT2D eigenvalue weighted by molar-refractivity contribution is 5.74. The summed E-state index contributed by atoms with van der Waals surface area (Å²) in [7, 11) is 0. The Morgan fingerprint density at radius 1 is 1.36 bits per heavy atom. The van der Waals surface area contributed by atoms with Crippen molar-refractivity contribution >= 4 is 5.96 Å². The number of hydrogen-bond acceptors (Lipinski definition) is 3. The first-order valence-electron chi connectivity index (χ1n) is 5.14. The molecule has 84 valence electrons. The Morgan fingerprint density at radius 3 is 2.57 bits per heavy atom. The Kier molecular flexibility index (Phi) is 8.27. The molecule has 0 bridgehead atoms. The molecule has 5 heteroatoms. The van der Waals surface area contributed by atoms with Crippen molar-refractivity contribution in [3.8, 4) is 0 Å². The van der Waals surface area contributed by atoms with Crippen molar-refractivity contribution in [1.82, 2.24) is 10.8 Å². The molecule has 0 saturated carbocycles. The first-order chi connectivity index (χ1) is 6.66. The Balaban J connectivity index is 3.02. The number of hydroxylamine groups is 1. The van der Waals surface area contributed by atoms with Crippen molar-refractivity contribution in [2.24, 2.45) is 5.73 Å². The first kappa shape index (κ1) is 13.2. The van der Waals surface area contributed by atoms with Gasteiger partial charge in [-0.1, -0.05) is 19.3 Å². The van der Waals surface area contributed by atoms with Gasteiger partial charge in [0.15, 0.2) is 5.96 Å². The fourth-order valence-corrected chi connectivity index (χ4v) is 1.22. The van der Waals surface area contributed by atoms with Gasteiger partial charge in [0.1, 0.15) is 0 Å². The van der Waals surface area contributed by atoms with E-state index in [0.717, 1.165) is 38.6 Å². The van der Waals surface area contributed by atoms with Crippen LogP contribution in [0.4, 0.5) is 0 Å². The molecule has 0 aromatic carbocycles. The van der Waals surface area contributed by atoms with Gasteiger partial charge in [-0.05, 0) is 19.8 Å². The zero-order valence-electron chi connectivity index (χ0n) is 8.84. The van der Waals surface area contributed by atoms with Gasteiger partial charge in [-0.15, -0.1) is 0 Å². The molecule has 0 spiro atoms. The zero-order chi connectivity index (χ0) is 10.8. The summed E-state index contributed by atoms with van der Waals surface area (Å²) in [6.07, 6.45) is 5.45. The van der Waals surface area contributed by atoms with Gasteiger partial charge in [-0.3, -0.25) is 5.41 Å². The van der Waals surface area contributed by atoms with E-state index in [-0.39, 0.29) is 12.0 Å². The maximum atomic E-state index is 8.54. The molecule has 0 radical (unpaired) electrons. The summed E-state index contributed by atoms with van der Waals surface area (Å²) in [5.41, 5.74) is 7.35. The molecule has 0 aromatic rings. The van der Waals surface area contributed by atoms with E-state index in [1.54, 1.807) is 0 Å². The van der Waals surface area contributed by atoms with Crippen molar-refractivity contribution in [1.29, 1.82) is 5.41 Å². The summed E-state index contributed by atoms with van der Waals surface area (Å²) in [5.74, 6) is 0.0445. The molecule has 0 aromatic heterocycles. The minimum Gasteiger partial charge on any atom is -0.370 e. The summed E-state index contributed by atoms with van der Waals surface area (Å²) in [6, 6.07) is 0.186. The van der Waals surface area contributed by atoms with Crippen LogP contribution in [0.1, 0.15) is 39.0 Å². The molecule has 0 saturated heterocycles. The SMILES string of the molecule is CC(CCCCCCNC(=N)N)NO. The van der Waals surface area contributed by atoms with Crippen LogP contribution in [0.2, 0.25) is 0 Å². The highest BCUT2D eigenvalue weighted by atomic mass is 16.5. The van der Waals surface area contributed by atoms with Gasteiger partial charge < -0.3 is 16.3 Å². The summed E-state index contributed by atoms with van der Waals surface area (Å²) in [5, 5.41) is 18.2. The average Bonchev–Trinajstić information content (AvgIpc) is 2.15. The van der Waals surface area contributed by atoms with Crippen LogP contribution in [0.15, 0.2) is 0 Å². The molecular formula is C9H22N4O. The number of guanidine groups is 1. The number of hydrogen-bond donors (Lipinski definition) is 5. The minimum absolute atomic E-state index is 0.0445. The van der Waals surface area contributed by atoms with Crippen LogP contribution in [-0.2, 0) is 0 Å². The Hall–Kier alpha value is -0.810. The topological polar surface area (TPSA) is 94.2 Å². The summed E-state index contributed by atoms with van der Waals surface area (Å²) in [6.45, 7) is 2.74. The predicted octanol–water partition coefficient (Wildman–Crippen LogP) is 0.787. The Labute approximate surface area is 85.5 Å². The van der Waals surface area contributed by atoms with Crippen LogP contribution >= 0.6 is 0 Å². The van der Waals surface area contributed by atoms with Crippen LogP contribution in [0.25, 0.3) is 0 Å². The van der Waals surface area contributed by atoms with E-state index < -0.39 is 0 Å². The molecule has 14 heavy (non-hydrogen) atoms.